The Balaban J connectivity index is 2.64. The molecule has 0 unspecified atom stereocenters. The first kappa shape index (κ1) is 16.0. The topological polar surface area (TPSA) is 75.4 Å². The van der Waals surface area contributed by atoms with Crippen molar-refractivity contribution >= 4 is 17.5 Å². The number of amides is 2. The van der Waals surface area contributed by atoms with E-state index in [1.807, 2.05) is 39.0 Å². The Bertz CT molecular complexity index is 472. The molecule has 0 aromatic heterocycles. The molecule has 2 amide bonds. The largest absolute Gasteiger partial charge is 0.398 e. The highest BCUT2D eigenvalue weighted by Gasteiger charge is 2.17. The van der Waals surface area contributed by atoms with Gasteiger partial charge in [-0.3, -0.25) is 9.59 Å². The van der Waals surface area contributed by atoms with Gasteiger partial charge in [0.2, 0.25) is 11.8 Å². The lowest BCUT2D eigenvalue weighted by Crippen LogP contribution is -2.43. The number of nitrogens with zero attached hydrogens (tertiary/aromatic N) is 1. The number of nitrogens with one attached hydrogen (secondary N) is 1. The van der Waals surface area contributed by atoms with Crippen LogP contribution in [-0.4, -0.2) is 35.8 Å². The number of benzene rings is 1. The molecule has 0 bridgehead atoms. The maximum atomic E-state index is 12.2. The smallest absolute Gasteiger partial charge is 0.239 e. The molecule has 0 fully saturated rings. The third-order valence-electron chi connectivity index (χ3n) is 2.92. The maximum absolute atomic E-state index is 12.2. The Hall–Kier alpha value is -2.04. The molecule has 110 valence electrons. The molecule has 0 radical (unpaired) electrons. The molecular weight excluding hydrogens is 254 g/mol. The summed E-state index contributed by atoms with van der Waals surface area (Å²) in [6.45, 7) is 6.22. The number of rotatable bonds is 6. The molecule has 0 saturated heterocycles. The highest BCUT2D eigenvalue weighted by Crippen LogP contribution is 2.12. The average Bonchev–Trinajstić information content (AvgIpc) is 2.37. The third kappa shape index (κ3) is 4.91. The summed E-state index contributed by atoms with van der Waals surface area (Å²) in [5.41, 5.74) is 7.22. The van der Waals surface area contributed by atoms with Crippen LogP contribution in [0, 0.1) is 0 Å². The summed E-state index contributed by atoms with van der Waals surface area (Å²) in [5.74, 6) is -0.236. The van der Waals surface area contributed by atoms with Gasteiger partial charge in [-0.05, 0) is 32.4 Å². The van der Waals surface area contributed by atoms with E-state index >= 15 is 0 Å². The molecule has 0 aliphatic carbocycles. The molecule has 0 saturated carbocycles. The van der Waals surface area contributed by atoms with Crippen LogP contribution in [0.25, 0.3) is 0 Å². The summed E-state index contributed by atoms with van der Waals surface area (Å²) in [6, 6.07) is 7.35. The highest BCUT2D eigenvalue weighted by atomic mass is 16.2. The molecular formula is C15H23N3O2. The van der Waals surface area contributed by atoms with Gasteiger partial charge >= 0.3 is 0 Å². The van der Waals surface area contributed by atoms with E-state index in [9.17, 15) is 9.59 Å². The van der Waals surface area contributed by atoms with E-state index in [2.05, 4.69) is 5.32 Å². The molecule has 0 heterocycles. The Morgan fingerprint density at radius 1 is 1.30 bits per heavy atom. The van der Waals surface area contributed by atoms with E-state index in [0.29, 0.717) is 12.2 Å². The van der Waals surface area contributed by atoms with Crippen molar-refractivity contribution in [2.24, 2.45) is 0 Å². The van der Waals surface area contributed by atoms with Gasteiger partial charge in [-0.25, -0.2) is 0 Å². The molecule has 20 heavy (non-hydrogen) atoms. The summed E-state index contributed by atoms with van der Waals surface area (Å²) in [5, 5.41) is 2.78. The quantitative estimate of drug-likeness (QED) is 0.767. The van der Waals surface area contributed by atoms with Crippen molar-refractivity contribution in [1.82, 2.24) is 10.2 Å². The first-order valence-electron chi connectivity index (χ1n) is 6.84. The van der Waals surface area contributed by atoms with Crippen molar-refractivity contribution in [3.05, 3.63) is 29.8 Å². The molecule has 1 aromatic rings. The number of para-hydroxylation sites is 1. The number of nitrogen functional groups attached to an aromatic ring is 1. The molecule has 0 aliphatic heterocycles. The van der Waals surface area contributed by atoms with E-state index in [-0.39, 0.29) is 30.8 Å². The maximum Gasteiger partial charge on any atom is 0.239 e. The number of hydrogen-bond donors (Lipinski definition) is 2. The van der Waals surface area contributed by atoms with Gasteiger partial charge in [-0.2, -0.15) is 0 Å². The predicted molar refractivity (Wildman–Crippen MR) is 80.1 cm³/mol. The lowest BCUT2D eigenvalue weighted by molar-refractivity contribution is -0.135. The fourth-order valence-corrected chi connectivity index (χ4v) is 1.89. The van der Waals surface area contributed by atoms with Crippen LogP contribution < -0.4 is 11.1 Å². The van der Waals surface area contributed by atoms with Crippen LogP contribution in [0.1, 0.15) is 26.3 Å². The highest BCUT2D eigenvalue weighted by molar-refractivity contribution is 5.86. The standard InChI is InChI=1S/C15H23N3O2/c1-4-18(10-14(19)17-11(2)3)15(20)9-12-7-5-6-8-13(12)16/h5-8,11H,4,9-10,16H2,1-3H3,(H,17,19). The summed E-state index contributed by atoms with van der Waals surface area (Å²) in [4.78, 5) is 25.5. The van der Waals surface area contributed by atoms with Gasteiger partial charge < -0.3 is 16.0 Å². The molecule has 5 nitrogen and oxygen atoms in total. The monoisotopic (exact) mass is 277 g/mol. The second kappa shape index (κ2) is 7.53. The van der Waals surface area contributed by atoms with Gasteiger partial charge in [0.15, 0.2) is 0 Å². The minimum atomic E-state index is -0.142. The molecule has 0 spiro atoms. The summed E-state index contributed by atoms with van der Waals surface area (Å²) in [6.07, 6.45) is 0.218. The van der Waals surface area contributed by atoms with E-state index < -0.39 is 0 Å². The number of likely N-dealkylation sites (N-methyl/N-ethyl adjacent to an activating group) is 1. The number of nitrogens with two attached hydrogens (primary N) is 1. The Labute approximate surface area is 120 Å². The van der Waals surface area contributed by atoms with Gasteiger partial charge in [0.25, 0.3) is 0 Å². The van der Waals surface area contributed by atoms with E-state index in [1.165, 1.54) is 4.90 Å². The van der Waals surface area contributed by atoms with Gasteiger partial charge in [-0.1, -0.05) is 18.2 Å². The number of anilines is 1. The normalized spacial score (nSPS) is 10.4. The lowest BCUT2D eigenvalue weighted by Gasteiger charge is -2.21. The van der Waals surface area contributed by atoms with E-state index in [1.54, 1.807) is 6.07 Å². The number of carbonyl (C=O) groups is 2. The van der Waals surface area contributed by atoms with Crippen LogP contribution in [0.5, 0.6) is 0 Å². The van der Waals surface area contributed by atoms with Crippen molar-refractivity contribution in [2.75, 3.05) is 18.8 Å². The zero-order valence-corrected chi connectivity index (χ0v) is 12.3. The third-order valence-corrected chi connectivity index (χ3v) is 2.92. The SMILES string of the molecule is CCN(CC(=O)NC(C)C)C(=O)Cc1ccccc1N. The van der Waals surface area contributed by atoms with Crippen molar-refractivity contribution in [1.29, 1.82) is 0 Å². The molecule has 0 atom stereocenters. The van der Waals surface area contributed by atoms with Gasteiger partial charge in [0.05, 0.1) is 13.0 Å². The summed E-state index contributed by atoms with van der Waals surface area (Å²) in [7, 11) is 0. The first-order chi connectivity index (χ1) is 9.43. The van der Waals surface area contributed by atoms with Crippen LogP contribution >= 0.6 is 0 Å². The summed E-state index contributed by atoms with van der Waals surface area (Å²) >= 11 is 0. The molecule has 5 heteroatoms. The van der Waals surface area contributed by atoms with Gasteiger partial charge in [-0.15, -0.1) is 0 Å². The molecule has 1 rings (SSSR count). The lowest BCUT2D eigenvalue weighted by atomic mass is 10.1. The minimum absolute atomic E-state index is 0.0704. The van der Waals surface area contributed by atoms with Gasteiger partial charge in [0, 0.05) is 18.3 Å². The summed E-state index contributed by atoms with van der Waals surface area (Å²) < 4.78 is 0. The van der Waals surface area contributed by atoms with Crippen LogP contribution in [0.15, 0.2) is 24.3 Å². The Morgan fingerprint density at radius 2 is 1.95 bits per heavy atom. The van der Waals surface area contributed by atoms with Crippen molar-refractivity contribution in [3.8, 4) is 0 Å². The van der Waals surface area contributed by atoms with Gasteiger partial charge in [0.1, 0.15) is 0 Å². The van der Waals surface area contributed by atoms with Crippen molar-refractivity contribution < 1.29 is 9.59 Å². The van der Waals surface area contributed by atoms with E-state index in [0.717, 1.165) is 5.56 Å². The Kier molecular flexibility index (Phi) is 6.03. The first-order valence-corrected chi connectivity index (χ1v) is 6.84. The zero-order chi connectivity index (χ0) is 15.1. The van der Waals surface area contributed by atoms with Crippen LogP contribution in [0.3, 0.4) is 0 Å². The van der Waals surface area contributed by atoms with Crippen molar-refractivity contribution in [3.63, 3.8) is 0 Å². The zero-order valence-electron chi connectivity index (χ0n) is 12.3. The van der Waals surface area contributed by atoms with Crippen LogP contribution in [0.2, 0.25) is 0 Å². The minimum Gasteiger partial charge on any atom is -0.398 e. The second-order valence-electron chi connectivity index (χ2n) is 5.01. The number of carbonyl (C=O) groups excluding carboxylic acids is 2. The Morgan fingerprint density at radius 3 is 2.50 bits per heavy atom. The average molecular weight is 277 g/mol. The molecule has 0 aliphatic rings. The molecule has 3 N–H and O–H groups in total. The van der Waals surface area contributed by atoms with Crippen LogP contribution in [0.4, 0.5) is 5.69 Å². The fraction of sp³-hybridized carbons (Fsp3) is 0.467. The predicted octanol–water partition coefficient (Wildman–Crippen LogP) is 1.18. The fourth-order valence-electron chi connectivity index (χ4n) is 1.89. The van der Waals surface area contributed by atoms with Crippen LogP contribution in [-0.2, 0) is 16.0 Å². The second-order valence-corrected chi connectivity index (χ2v) is 5.01. The van der Waals surface area contributed by atoms with Crippen molar-refractivity contribution in [2.45, 2.75) is 33.2 Å². The molecule has 1 aromatic carbocycles. The number of hydrogen-bond acceptors (Lipinski definition) is 3. The van der Waals surface area contributed by atoms with E-state index in [4.69, 9.17) is 5.73 Å².